The van der Waals surface area contributed by atoms with Gasteiger partial charge in [0, 0.05) is 57.4 Å². The van der Waals surface area contributed by atoms with E-state index in [1.54, 1.807) is 25.6 Å². The van der Waals surface area contributed by atoms with Gasteiger partial charge in [-0.3, -0.25) is 9.78 Å². The van der Waals surface area contributed by atoms with Crippen molar-refractivity contribution < 1.29 is 13.9 Å². The number of benzene rings is 1. The molecule has 0 saturated carbocycles. The standard InChI is InChI=1S/C25H29N5O3/c1-32-20-4-2-3-18(15-20)19-8-12-30(17-19)24-6-5-23(33-24)25(31)28-21-16-27-9-7-22(21)29-13-10-26-11-14-29/h2-7,9,15-16,19,26H,8,10-14,17H2,1H3,(H,28,31). The SMILES string of the molecule is COc1cccc(C2CCN(c3ccc(C(=O)Nc4cnccc4N4CCNCC4)o3)C2)c1. The van der Waals surface area contributed by atoms with E-state index in [2.05, 4.69) is 37.6 Å². The summed E-state index contributed by atoms with van der Waals surface area (Å²) in [6, 6.07) is 13.8. The van der Waals surface area contributed by atoms with Gasteiger partial charge in [0.1, 0.15) is 5.75 Å². The minimum absolute atomic E-state index is 0.269. The lowest BCUT2D eigenvalue weighted by Gasteiger charge is -2.30. The third-order valence-electron chi connectivity index (χ3n) is 6.38. The molecule has 1 atom stereocenters. The minimum atomic E-state index is -0.269. The summed E-state index contributed by atoms with van der Waals surface area (Å²) >= 11 is 0. The number of amides is 1. The van der Waals surface area contributed by atoms with Crippen molar-refractivity contribution in [2.45, 2.75) is 12.3 Å². The first kappa shape index (κ1) is 21.3. The van der Waals surface area contributed by atoms with Crippen LogP contribution in [0.5, 0.6) is 5.75 Å². The van der Waals surface area contributed by atoms with E-state index in [0.717, 1.165) is 63.0 Å². The van der Waals surface area contributed by atoms with Crippen molar-refractivity contribution in [2.24, 2.45) is 0 Å². The Balaban J connectivity index is 1.25. The molecule has 2 fully saturated rings. The maximum atomic E-state index is 12.9. The third-order valence-corrected chi connectivity index (χ3v) is 6.38. The first-order valence-corrected chi connectivity index (χ1v) is 11.4. The van der Waals surface area contributed by atoms with Crippen LogP contribution in [0.4, 0.5) is 17.3 Å². The van der Waals surface area contributed by atoms with E-state index in [9.17, 15) is 4.79 Å². The van der Waals surface area contributed by atoms with Gasteiger partial charge in [0.05, 0.1) is 24.7 Å². The van der Waals surface area contributed by atoms with Crippen LogP contribution in [-0.2, 0) is 0 Å². The molecule has 1 aromatic carbocycles. The van der Waals surface area contributed by atoms with Gasteiger partial charge >= 0.3 is 0 Å². The fraction of sp³-hybridized carbons (Fsp3) is 0.360. The van der Waals surface area contributed by atoms with Crippen LogP contribution < -0.4 is 25.2 Å². The van der Waals surface area contributed by atoms with E-state index in [-0.39, 0.29) is 5.91 Å². The van der Waals surface area contributed by atoms with Gasteiger partial charge in [0.15, 0.2) is 11.6 Å². The maximum Gasteiger partial charge on any atom is 0.291 e. The van der Waals surface area contributed by atoms with Crippen molar-refractivity contribution in [1.82, 2.24) is 10.3 Å². The molecule has 1 amide bonds. The lowest BCUT2D eigenvalue weighted by atomic mass is 9.98. The van der Waals surface area contributed by atoms with Gasteiger partial charge in [-0.05, 0) is 36.2 Å². The van der Waals surface area contributed by atoms with Gasteiger partial charge in [-0.25, -0.2) is 0 Å². The highest BCUT2D eigenvalue weighted by Crippen LogP contribution is 2.33. The second kappa shape index (κ2) is 9.54. The number of methoxy groups -OCH3 is 1. The largest absolute Gasteiger partial charge is 0.497 e. The van der Waals surface area contributed by atoms with E-state index in [1.807, 2.05) is 24.3 Å². The molecule has 8 heteroatoms. The maximum absolute atomic E-state index is 12.9. The second-order valence-corrected chi connectivity index (χ2v) is 8.43. The van der Waals surface area contributed by atoms with E-state index in [0.29, 0.717) is 17.4 Å². The molecule has 2 aromatic heterocycles. The Labute approximate surface area is 193 Å². The van der Waals surface area contributed by atoms with Crippen LogP contribution in [0.1, 0.15) is 28.5 Å². The number of carbonyl (C=O) groups excluding carboxylic acids is 1. The Morgan fingerprint density at radius 1 is 1.15 bits per heavy atom. The number of aromatic nitrogens is 1. The molecule has 2 N–H and O–H groups in total. The lowest BCUT2D eigenvalue weighted by Crippen LogP contribution is -2.43. The number of hydrogen-bond acceptors (Lipinski definition) is 7. The van der Waals surface area contributed by atoms with Gasteiger partial charge in [-0.1, -0.05) is 12.1 Å². The fourth-order valence-electron chi connectivity index (χ4n) is 4.60. The molecule has 5 rings (SSSR count). The van der Waals surface area contributed by atoms with Crippen LogP contribution in [0.3, 0.4) is 0 Å². The Bertz CT molecular complexity index is 1110. The number of piperazine rings is 1. The Morgan fingerprint density at radius 3 is 2.88 bits per heavy atom. The highest BCUT2D eigenvalue weighted by Gasteiger charge is 2.27. The molecule has 2 aliphatic rings. The third kappa shape index (κ3) is 4.66. The zero-order valence-electron chi connectivity index (χ0n) is 18.8. The van der Waals surface area contributed by atoms with Crippen LogP contribution in [-0.4, -0.2) is 57.3 Å². The van der Waals surface area contributed by atoms with Gasteiger partial charge in [-0.15, -0.1) is 0 Å². The molecule has 2 aliphatic heterocycles. The summed E-state index contributed by atoms with van der Waals surface area (Å²) in [5.74, 6) is 2.02. The highest BCUT2D eigenvalue weighted by molar-refractivity contribution is 6.04. The van der Waals surface area contributed by atoms with E-state index in [1.165, 1.54) is 5.56 Å². The van der Waals surface area contributed by atoms with Crippen LogP contribution in [0.15, 0.2) is 59.3 Å². The van der Waals surface area contributed by atoms with Gasteiger partial charge in [-0.2, -0.15) is 0 Å². The average Bonchev–Trinajstić information content (AvgIpc) is 3.55. The normalized spacial score (nSPS) is 18.4. The van der Waals surface area contributed by atoms with Crippen molar-refractivity contribution in [3.05, 3.63) is 66.2 Å². The summed E-state index contributed by atoms with van der Waals surface area (Å²) < 4.78 is 11.3. The molecular weight excluding hydrogens is 418 g/mol. The van der Waals surface area contributed by atoms with Crippen molar-refractivity contribution in [1.29, 1.82) is 0 Å². The molecule has 172 valence electrons. The molecule has 0 aliphatic carbocycles. The number of anilines is 3. The summed E-state index contributed by atoms with van der Waals surface area (Å²) in [5, 5.41) is 6.33. The van der Waals surface area contributed by atoms with Crippen LogP contribution in [0.25, 0.3) is 0 Å². The second-order valence-electron chi connectivity index (χ2n) is 8.43. The molecule has 2 saturated heterocycles. The molecule has 0 bridgehead atoms. The predicted molar refractivity (Wildman–Crippen MR) is 129 cm³/mol. The van der Waals surface area contributed by atoms with Gasteiger partial charge < -0.3 is 29.6 Å². The molecule has 3 aromatic rings. The minimum Gasteiger partial charge on any atom is -0.497 e. The number of furan rings is 1. The molecule has 0 radical (unpaired) electrons. The quantitative estimate of drug-likeness (QED) is 0.600. The molecular formula is C25H29N5O3. The Kier molecular flexibility index (Phi) is 6.17. The van der Waals surface area contributed by atoms with E-state index < -0.39 is 0 Å². The zero-order valence-corrected chi connectivity index (χ0v) is 18.8. The topological polar surface area (TPSA) is 82.9 Å². The van der Waals surface area contributed by atoms with E-state index in [4.69, 9.17) is 9.15 Å². The monoisotopic (exact) mass is 447 g/mol. The lowest BCUT2D eigenvalue weighted by molar-refractivity contribution is 0.0997. The summed E-state index contributed by atoms with van der Waals surface area (Å²) in [7, 11) is 1.69. The van der Waals surface area contributed by atoms with Crippen LogP contribution in [0, 0.1) is 0 Å². The summed E-state index contributed by atoms with van der Waals surface area (Å²) in [4.78, 5) is 21.6. The first-order chi connectivity index (χ1) is 16.2. The predicted octanol–water partition coefficient (Wildman–Crippen LogP) is 3.34. The van der Waals surface area contributed by atoms with Crippen molar-refractivity contribution in [2.75, 3.05) is 61.5 Å². The molecule has 1 unspecified atom stereocenters. The van der Waals surface area contributed by atoms with Crippen LogP contribution in [0.2, 0.25) is 0 Å². The van der Waals surface area contributed by atoms with Crippen LogP contribution >= 0.6 is 0 Å². The Hall–Kier alpha value is -3.52. The Morgan fingerprint density at radius 2 is 2.03 bits per heavy atom. The van der Waals surface area contributed by atoms with Gasteiger partial charge in [0.2, 0.25) is 0 Å². The number of pyridine rings is 1. The number of nitrogens with zero attached hydrogens (tertiary/aromatic N) is 3. The number of ether oxygens (including phenoxy) is 1. The highest BCUT2D eigenvalue weighted by atomic mass is 16.5. The molecule has 8 nitrogen and oxygen atoms in total. The fourth-order valence-corrected chi connectivity index (χ4v) is 4.60. The number of nitrogens with one attached hydrogen (secondary N) is 2. The van der Waals surface area contributed by atoms with Crippen molar-refractivity contribution in [3.63, 3.8) is 0 Å². The zero-order chi connectivity index (χ0) is 22.6. The van der Waals surface area contributed by atoms with Crippen molar-refractivity contribution >= 4 is 23.2 Å². The van der Waals surface area contributed by atoms with Gasteiger partial charge in [0.25, 0.3) is 5.91 Å². The summed E-state index contributed by atoms with van der Waals surface area (Å²) in [5.41, 5.74) is 2.94. The first-order valence-electron chi connectivity index (χ1n) is 11.4. The number of rotatable bonds is 6. The van der Waals surface area contributed by atoms with E-state index >= 15 is 0 Å². The average molecular weight is 448 g/mol. The number of carbonyl (C=O) groups is 1. The smallest absolute Gasteiger partial charge is 0.291 e. The number of hydrogen-bond donors (Lipinski definition) is 2. The molecule has 4 heterocycles. The summed E-state index contributed by atoms with van der Waals surface area (Å²) in [6.07, 6.45) is 4.47. The van der Waals surface area contributed by atoms with Crippen molar-refractivity contribution in [3.8, 4) is 5.75 Å². The molecule has 33 heavy (non-hydrogen) atoms. The summed E-state index contributed by atoms with van der Waals surface area (Å²) in [6.45, 7) is 5.35. The molecule has 0 spiro atoms.